The number of benzene rings is 2. The summed E-state index contributed by atoms with van der Waals surface area (Å²) in [5.74, 6) is -0.410. The van der Waals surface area contributed by atoms with Gasteiger partial charge < -0.3 is 10.6 Å². The molecule has 0 saturated carbocycles. The van der Waals surface area contributed by atoms with Gasteiger partial charge in [-0.2, -0.15) is 5.10 Å². The van der Waals surface area contributed by atoms with Gasteiger partial charge in [0.15, 0.2) is 0 Å². The molecule has 3 rings (SSSR count). The van der Waals surface area contributed by atoms with Crippen LogP contribution in [0, 0.1) is 13.8 Å². The van der Waals surface area contributed by atoms with E-state index in [2.05, 4.69) is 38.6 Å². The van der Waals surface area contributed by atoms with Crippen LogP contribution in [0.25, 0.3) is 0 Å². The minimum atomic E-state index is -0.206. The first kappa shape index (κ1) is 21.8. The molecule has 0 atom stereocenters. The van der Waals surface area contributed by atoms with E-state index in [1.54, 1.807) is 36.4 Å². The smallest absolute Gasteiger partial charge is 0.255 e. The molecular formula is C23H25BrN4O2. The maximum Gasteiger partial charge on any atom is 0.255 e. The van der Waals surface area contributed by atoms with Crippen molar-refractivity contribution in [2.45, 2.75) is 40.2 Å². The van der Waals surface area contributed by atoms with Crippen molar-refractivity contribution in [1.29, 1.82) is 0 Å². The zero-order valence-corrected chi connectivity index (χ0v) is 18.9. The SMILES string of the molecule is CCCCn1nc(C)c(NC(=O)c2ccc(NC(=O)c3ccc(Br)cc3)cc2)c1C. The summed E-state index contributed by atoms with van der Waals surface area (Å²) in [4.78, 5) is 25.0. The van der Waals surface area contributed by atoms with Gasteiger partial charge in [-0.1, -0.05) is 29.3 Å². The number of unbranched alkanes of at least 4 members (excludes halogenated alkanes) is 1. The number of hydrogen-bond donors (Lipinski definition) is 2. The third-order valence-corrected chi connectivity index (χ3v) is 5.38. The monoisotopic (exact) mass is 468 g/mol. The molecule has 0 aliphatic carbocycles. The molecule has 2 aromatic carbocycles. The third-order valence-electron chi connectivity index (χ3n) is 4.85. The number of rotatable bonds is 7. The van der Waals surface area contributed by atoms with Crippen molar-refractivity contribution in [3.05, 3.63) is 75.5 Å². The summed E-state index contributed by atoms with van der Waals surface area (Å²) in [7, 11) is 0. The van der Waals surface area contributed by atoms with Crippen LogP contribution in [0.3, 0.4) is 0 Å². The number of hydrogen-bond acceptors (Lipinski definition) is 3. The number of nitrogens with one attached hydrogen (secondary N) is 2. The lowest BCUT2D eigenvalue weighted by atomic mass is 10.1. The summed E-state index contributed by atoms with van der Waals surface area (Å²) >= 11 is 3.35. The van der Waals surface area contributed by atoms with E-state index in [-0.39, 0.29) is 11.8 Å². The fraction of sp³-hybridized carbons (Fsp3) is 0.261. The number of carbonyl (C=O) groups is 2. The zero-order valence-electron chi connectivity index (χ0n) is 17.3. The summed E-state index contributed by atoms with van der Waals surface area (Å²) in [5, 5.41) is 10.3. The number of aromatic nitrogens is 2. The van der Waals surface area contributed by atoms with Crippen LogP contribution in [0.2, 0.25) is 0 Å². The van der Waals surface area contributed by atoms with Crippen LogP contribution in [-0.2, 0) is 6.54 Å². The molecule has 0 bridgehead atoms. The van der Waals surface area contributed by atoms with E-state index >= 15 is 0 Å². The van der Waals surface area contributed by atoms with Gasteiger partial charge in [0.25, 0.3) is 11.8 Å². The molecule has 7 heteroatoms. The Morgan fingerprint density at radius 1 is 0.933 bits per heavy atom. The lowest BCUT2D eigenvalue weighted by Crippen LogP contribution is -2.14. The van der Waals surface area contributed by atoms with E-state index in [1.807, 2.05) is 30.7 Å². The van der Waals surface area contributed by atoms with Gasteiger partial charge in [0.1, 0.15) is 0 Å². The van der Waals surface area contributed by atoms with E-state index in [0.29, 0.717) is 16.8 Å². The first-order valence-electron chi connectivity index (χ1n) is 9.91. The highest BCUT2D eigenvalue weighted by atomic mass is 79.9. The first-order chi connectivity index (χ1) is 14.4. The molecule has 3 aromatic rings. The largest absolute Gasteiger partial charge is 0.322 e. The highest BCUT2D eigenvalue weighted by Gasteiger charge is 2.15. The Bertz CT molecular complexity index is 1040. The Hall–Kier alpha value is -2.93. The van der Waals surface area contributed by atoms with E-state index in [0.717, 1.165) is 40.9 Å². The second-order valence-corrected chi connectivity index (χ2v) is 8.03. The molecule has 0 radical (unpaired) electrons. The predicted octanol–water partition coefficient (Wildman–Crippen LogP) is 5.57. The fourth-order valence-corrected chi connectivity index (χ4v) is 3.36. The van der Waals surface area contributed by atoms with Crippen LogP contribution >= 0.6 is 15.9 Å². The van der Waals surface area contributed by atoms with Gasteiger partial charge in [0.2, 0.25) is 0 Å². The second kappa shape index (κ2) is 9.71. The highest BCUT2D eigenvalue weighted by Crippen LogP contribution is 2.21. The Morgan fingerprint density at radius 2 is 1.50 bits per heavy atom. The Labute approximate surface area is 184 Å². The average Bonchev–Trinajstić information content (AvgIpc) is 3.00. The van der Waals surface area contributed by atoms with Crippen molar-refractivity contribution < 1.29 is 9.59 Å². The van der Waals surface area contributed by atoms with E-state index < -0.39 is 0 Å². The van der Waals surface area contributed by atoms with Crippen LogP contribution in [0.15, 0.2) is 53.0 Å². The van der Waals surface area contributed by atoms with Crippen molar-refractivity contribution in [2.24, 2.45) is 0 Å². The Kier molecular flexibility index (Phi) is 7.05. The van der Waals surface area contributed by atoms with Crippen LogP contribution < -0.4 is 10.6 Å². The van der Waals surface area contributed by atoms with E-state index in [9.17, 15) is 9.59 Å². The molecule has 0 saturated heterocycles. The molecule has 0 spiro atoms. The molecule has 6 nitrogen and oxygen atoms in total. The molecule has 0 unspecified atom stereocenters. The lowest BCUT2D eigenvalue weighted by Gasteiger charge is -2.09. The molecular weight excluding hydrogens is 444 g/mol. The van der Waals surface area contributed by atoms with E-state index in [1.165, 1.54) is 0 Å². The quantitative estimate of drug-likeness (QED) is 0.475. The Balaban J connectivity index is 1.66. The minimum absolute atomic E-state index is 0.203. The minimum Gasteiger partial charge on any atom is -0.322 e. The number of nitrogens with zero attached hydrogens (tertiary/aromatic N) is 2. The molecule has 0 fully saturated rings. The number of anilines is 2. The van der Waals surface area contributed by atoms with Gasteiger partial charge in [-0.25, -0.2) is 0 Å². The highest BCUT2D eigenvalue weighted by molar-refractivity contribution is 9.10. The predicted molar refractivity (Wildman–Crippen MR) is 123 cm³/mol. The van der Waals surface area contributed by atoms with Gasteiger partial charge in [-0.3, -0.25) is 14.3 Å². The van der Waals surface area contributed by atoms with Gasteiger partial charge in [0, 0.05) is 27.8 Å². The number of carbonyl (C=O) groups excluding carboxylic acids is 2. The van der Waals surface area contributed by atoms with Gasteiger partial charge in [0.05, 0.1) is 17.1 Å². The van der Waals surface area contributed by atoms with E-state index in [4.69, 9.17) is 0 Å². The zero-order chi connectivity index (χ0) is 21.7. The lowest BCUT2D eigenvalue weighted by molar-refractivity contribution is 0.102. The van der Waals surface area contributed by atoms with Crippen LogP contribution in [-0.4, -0.2) is 21.6 Å². The third kappa shape index (κ3) is 5.16. The topological polar surface area (TPSA) is 76.0 Å². The average molecular weight is 469 g/mol. The molecule has 1 heterocycles. The molecule has 0 aliphatic heterocycles. The molecule has 0 aliphatic rings. The molecule has 156 valence electrons. The summed E-state index contributed by atoms with van der Waals surface area (Å²) in [6.45, 7) is 6.84. The fourth-order valence-electron chi connectivity index (χ4n) is 3.10. The van der Waals surface area contributed by atoms with Crippen LogP contribution in [0.5, 0.6) is 0 Å². The summed E-state index contributed by atoms with van der Waals surface area (Å²) in [6.07, 6.45) is 2.13. The number of amides is 2. The van der Waals surface area contributed by atoms with Crippen molar-refractivity contribution in [2.75, 3.05) is 10.6 Å². The second-order valence-electron chi connectivity index (χ2n) is 7.12. The molecule has 2 N–H and O–H groups in total. The number of aryl methyl sites for hydroxylation is 2. The van der Waals surface area contributed by atoms with Crippen molar-refractivity contribution in [3.63, 3.8) is 0 Å². The van der Waals surface area contributed by atoms with Crippen LogP contribution in [0.4, 0.5) is 11.4 Å². The normalized spacial score (nSPS) is 10.7. The summed E-state index contributed by atoms with van der Waals surface area (Å²) in [5.41, 5.74) is 4.20. The number of halogens is 1. The molecule has 30 heavy (non-hydrogen) atoms. The van der Waals surface area contributed by atoms with Crippen molar-refractivity contribution in [3.8, 4) is 0 Å². The standard InChI is InChI=1S/C23H25BrN4O2/c1-4-5-14-28-16(3)21(15(2)27-28)26-23(30)18-8-12-20(13-9-18)25-22(29)17-6-10-19(24)11-7-17/h6-13H,4-5,14H2,1-3H3,(H,25,29)(H,26,30). The van der Waals surface area contributed by atoms with Gasteiger partial charge >= 0.3 is 0 Å². The Morgan fingerprint density at radius 3 is 2.10 bits per heavy atom. The molecule has 1 aromatic heterocycles. The maximum absolute atomic E-state index is 12.7. The first-order valence-corrected chi connectivity index (χ1v) is 10.7. The summed E-state index contributed by atoms with van der Waals surface area (Å²) < 4.78 is 2.85. The van der Waals surface area contributed by atoms with Crippen LogP contribution in [0.1, 0.15) is 51.9 Å². The van der Waals surface area contributed by atoms with Crippen molar-refractivity contribution >= 4 is 39.1 Å². The van der Waals surface area contributed by atoms with Crippen molar-refractivity contribution in [1.82, 2.24) is 9.78 Å². The maximum atomic E-state index is 12.7. The van der Waals surface area contributed by atoms with Gasteiger partial charge in [-0.15, -0.1) is 0 Å². The summed E-state index contributed by atoms with van der Waals surface area (Å²) in [6, 6.07) is 13.9. The molecule has 2 amide bonds. The van der Waals surface area contributed by atoms with Gasteiger partial charge in [-0.05, 0) is 68.8 Å².